The Bertz CT molecular complexity index is 1280. The summed E-state index contributed by atoms with van der Waals surface area (Å²) in [5.41, 5.74) is 7.61. The molecule has 0 unspecified atom stereocenters. The molecule has 9 heteroatoms. The average Bonchev–Trinajstić information content (AvgIpc) is 3.15. The second-order valence-corrected chi connectivity index (χ2v) is 6.97. The van der Waals surface area contributed by atoms with E-state index in [0.29, 0.717) is 16.9 Å². The summed E-state index contributed by atoms with van der Waals surface area (Å²) >= 11 is 0. The molecule has 3 aromatic rings. The van der Waals surface area contributed by atoms with Gasteiger partial charge in [0.05, 0.1) is 12.1 Å². The first-order valence-electron chi connectivity index (χ1n) is 9.27. The van der Waals surface area contributed by atoms with Gasteiger partial charge in [0.1, 0.15) is 0 Å². The first kappa shape index (κ1) is 19.8. The van der Waals surface area contributed by atoms with Crippen molar-refractivity contribution in [3.63, 3.8) is 0 Å². The number of hydrogen-bond donors (Lipinski definition) is 4. The lowest BCUT2D eigenvalue weighted by Crippen LogP contribution is -2.46. The van der Waals surface area contributed by atoms with Gasteiger partial charge in [-0.05, 0) is 59.3 Å². The Balaban J connectivity index is 1.48. The van der Waals surface area contributed by atoms with E-state index in [1.54, 1.807) is 36.4 Å². The third-order valence-corrected chi connectivity index (χ3v) is 4.89. The molecule has 1 heterocycles. The molecule has 0 spiro atoms. The Morgan fingerprint density at radius 1 is 1.00 bits per heavy atom. The molecule has 0 bridgehead atoms. The number of amidine groups is 1. The van der Waals surface area contributed by atoms with Crippen LogP contribution in [0.25, 0.3) is 10.8 Å². The van der Waals surface area contributed by atoms with E-state index < -0.39 is 12.0 Å². The second kappa shape index (κ2) is 7.71. The maximum atomic E-state index is 12.6. The number of nitrogens with one attached hydrogen (secondary N) is 1. The minimum atomic E-state index is -1.23. The van der Waals surface area contributed by atoms with Crippen molar-refractivity contribution in [2.75, 3.05) is 16.8 Å². The van der Waals surface area contributed by atoms with Gasteiger partial charge in [0.25, 0.3) is 11.7 Å². The van der Waals surface area contributed by atoms with Gasteiger partial charge in [-0.15, -0.1) is 0 Å². The lowest BCUT2D eigenvalue weighted by Gasteiger charge is -2.15. The Morgan fingerprint density at radius 2 is 1.65 bits per heavy atom. The fourth-order valence-electron chi connectivity index (χ4n) is 3.24. The summed E-state index contributed by atoms with van der Waals surface area (Å²) in [6, 6.07) is 16.6. The fraction of sp³-hybridized carbons (Fsp3) is 0.0455. The molecule has 4 rings (SSSR count). The summed E-state index contributed by atoms with van der Waals surface area (Å²) in [6.07, 6.45) is 0. The SMILES string of the molecule is NC(=[NH2+])c1ccc2cc(NC(=O)c3ccc(N4CC(C(=O)O)=NC4=O)cc3)ccc2c1. The van der Waals surface area contributed by atoms with Crippen LogP contribution in [0, 0.1) is 0 Å². The van der Waals surface area contributed by atoms with Crippen LogP contribution in [0.3, 0.4) is 0 Å². The molecular weight excluding hydrogens is 398 g/mol. The molecule has 0 radical (unpaired) electrons. The predicted octanol–water partition coefficient (Wildman–Crippen LogP) is 1.02. The van der Waals surface area contributed by atoms with Crippen molar-refractivity contribution < 1.29 is 24.9 Å². The van der Waals surface area contributed by atoms with Crippen LogP contribution in [0.15, 0.2) is 65.7 Å². The van der Waals surface area contributed by atoms with Gasteiger partial charge in [-0.3, -0.25) is 20.8 Å². The number of hydrogen-bond acceptors (Lipinski definition) is 3. The van der Waals surface area contributed by atoms with Crippen molar-refractivity contribution in [3.05, 3.63) is 71.8 Å². The van der Waals surface area contributed by atoms with Crippen LogP contribution in [0.4, 0.5) is 16.2 Å². The summed E-state index contributed by atoms with van der Waals surface area (Å²) in [5.74, 6) is -1.32. The molecule has 0 saturated carbocycles. The number of carboxylic acids is 1. The number of rotatable bonds is 5. The molecule has 1 aliphatic rings. The molecule has 0 aromatic heterocycles. The lowest BCUT2D eigenvalue weighted by molar-refractivity contribution is -0.129. The topological polar surface area (TPSA) is 151 Å². The molecule has 31 heavy (non-hydrogen) atoms. The van der Waals surface area contributed by atoms with E-state index in [0.717, 1.165) is 16.3 Å². The van der Waals surface area contributed by atoms with Crippen LogP contribution in [0.2, 0.25) is 0 Å². The minimum Gasteiger partial charge on any atom is -0.477 e. The van der Waals surface area contributed by atoms with Crippen molar-refractivity contribution in [1.82, 2.24) is 0 Å². The number of carboxylic acid groups (broad SMARTS) is 1. The van der Waals surface area contributed by atoms with E-state index in [4.69, 9.17) is 16.2 Å². The third-order valence-electron chi connectivity index (χ3n) is 4.89. The summed E-state index contributed by atoms with van der Waals surface area (Å²) < 4.78 is 0. The Hall–Kier alpha value is -4.53. The zero-order valence-corrected chi connectivity index (χ0v) is 16.2. The quantitative estimate of drug-likeness (QED) is 0.362. The number of aliphatic carboxylic acids is 1. The van der Waals surface area contributed by atoms with Gasteiger partial charge in [0, 0.05) is 16.9 Å². The second-order valence-electron chi connectivity index (χ2n) is 6.97. The lowest BCUT2D eigenvalue weighted by atomic mass is 10.1. The number of nitrogens with zero attached hydrogens (tertiary/aromatic N) is 2. The van der Waals surface area contributed by atoms with Gasteiger partial charge in [0.15, 0.2) is 5.71 Å². The van der Waals surface area contributed by atoms with Crippen molar-refractivity contribution in [2.45, 2.75) is 0 Å². The molecule has 1 aliphatic heterocycles. The first-order valence-corrected chi connectivity index (χ1v) is 9.27. The molecule has 154 valence electrons. The zero-order valence-electron chi connectivity index (χ0n) is 16.2. The largest absolute Gasteiger partial charge is 0.477 e. The van der Waals surface area contributed by atoms with E-state index in [1.165, 1.54) is 4.90 Å². The third kappa shape index (κ3) is 3.97. The Kier molecular flexibility index (Phi) is 4.92. The number of urea groups is 1. The minimum absolute atomic E-state index is 0.119. The standard InChI is InChI=1S/C22H17N5O4/c23-19(24)15-2-1-14-10-16(6-3-13(14)9-15)25-20(28)12-4-7-17(8-5-12)27-11-18(21(29)30)26-22(27)31/h1-10H,11H2,(H3,23,24)(H,25,28)(H,29,30)/p+1. The predicted molar refractivity (Wildman–Crippen MR) is 116 cm³/mol. The van der Waals surface area contributed by atoms with E-state index in [9.17, 15) is 14.4 Å². The molecule has 0 saturated heterocycles. The van der Waals surface area contributed by atoms with Crippen LogP contribution in [-0.2, 0) is 4.79 Å². The normalized spacial score (nSPS) is 13.2. The van der Waals surface area contributed by atoms with Crippen LogP contribution in [-0.4, -0.2) is 41.1 Å². The highest BCUT2D eigenvalue weighted by Gasteiger charge is 2.28. The van der Waals surface area contributed by atoms with Gasteiger partial charge < -0.3 is 10.4 Å². The zero-order chi connectivity index (χ0) is 22.1. The smallest absolute Gasteiger partial charge is 0.352 e. The van der Waals surface area contributed by atoms with Gasteiger partial charge >= 0.3 is 12.0 Å². The molecule has 0 aliphatic carbocycles. The summed E-state index contributed by atoms with van der Waals surface area (Å²) in [7, 11) is 0. The fourth-order valence-corrected chi connectivity index (χ4v) is 3.24. The molecule has 9 nitrogen and oxygen atoms in total. The highest BCUT2D eigenvalue weighted by atomic mass is 16.4. The van der Waals surface area contributed by atoms with Gasteiger partial charge in [-0.2, -0.15) is 4.99 Å². The molecule has 3 amide bonds. The van der Waals surface area contributed by atoms with E-state index in [2.05, 4.69) is 10.3 Å². The average molecular weight is 416 g/mol. The van der Waals surface area contributed by atoms with Gasteiger partial charge in [0.2, 0.25) is 0 Å². The molecule has 0 atom stereocenters. The summed E-state index contributed by atoms with van der Waals surface area (Å²) in [5, 5.41) is 19.3. The van der Waals surface area contributed by atoms with Crippen LogP contribution in [0.1, 0.15) is 15.9 Å². The number of fused-ring (bicyclic) bond motifs is 1. The Labute approximate surface area is 176 Å². The van der Waals surface area contributed by atoms with E-state index in [1.807, 2.05) is 24.3 Å². The maximum Gasteiger partial charge on any atom is 0.352 e. The number of anilines is 2. The van der Waals surface area contributed by atoms with E-state index in [-0.39, 0.29) is 24.0 Å². The number of nitrogens with two attached hydrogens (primary N) is 2. The summed E-state index contributed by atoms with van der Waals surface area (Å²) in [4.78, 5) is 40.2. The van der Waals surface area contributed by atoms with Crippen LogP contribution >= 0.6 is 0 Å². The highest BCUT2D eigenvalue weighted by molar-refractivity contribution is 6.41. The number of amides is 3. The van der Waals surface area contributed by atoms with Crippen molar-refractivity contribution in [3.8, 4) is 0 Å². The number of carbonyl (C=O) groups excluding carboxylic acids is 2. The molecule has 6 N–H and O–H groups in total. The monoisotopic (exact) mass is 416 g/mol. The highest BCUT2D eigenvalue weighted by Crippen LogP contribution is 2.23. The van der Waals surface area contributed by atoms with Gasteiger partial charge in [-0.25, -0.2) is 9.59 Å². The molecule has 0 fully saturated rings. The van der Waals surface area contributed by atoms with E-state index >= 15 is 0 Å². The first-order chi connectivity index (χ1) is 14.8. The number of benzene rings is 3. The Morgan fingerprint density at radius 3 is 2.29 bits per heavy atom. The maximum absolute atomic E-state index is 12.6. The summed E-state index contributed by atoms with van der Waals surface area (Å²) in [6.45, 7) is -0.119. The molecular formula is C22H18N5O4+. The van der Waals surface area contributed by atoms with Crippen molar-refractivity contribution in [2.24, 2.45) is 10.7 Å². The number of aliphatic imine (C=N–C) groups is 1. The van der Waals surface area contributed by atoms with Crippen LogP contribution in [0.5, 0.6) is 0 Å². The van der Waals surface area contributed by atoms with Crippen LogP contribution < -0.4 is 21.4 Å². The van der Waals surface area contributed by atoms with Crippen molar-refractivity contribution >= 4 is 51.6 Å². The van der Waals surface area contributed by atoms with Gasteiger partial charge in [-0.1, -0.05) is 12.1 Å². The number of carbonyl (C=O) groups is 3. The molecule has 3 aromatic carbocycles. The van der Waals surface area contributed by atoms with Crippen molar-refractivity contribution in [1.29, 1.82) is 0 Å².